The molecule has 3 fully saturated rings. The van der Waals surface area contributed by atoms with Crippen molar-refractivity contribution >= 4 is 28.6 Å². The maximum absolute atomic E-state index is 13.0. The number of nitrogens with zero attached hydrogens (tertiary/aromatic N) is 3. The van der Waals surface area contributed by atoms with Crippen LogP contribution in [0.25, 0.3) is 11.0 Å². The van der Waals surface area contributed by atoms with E-state index in [1.807, 2.05) is 17.7 Å². The van der Waals surface area contributed by atoms with Crippen molar-refractivity contribution in [2.45, 2.75) is 69.0 Å². The van der Waals surface area contributed by atoms with Crippen molar-refractivity contribution in [3.8, 4) is 5.75 Å². The first-order chi connectivity index (χ1) is 18.7. The minimum absolute atomic E-state index is 0.155. The number of ether oxygens (including phenoxy) is 3. The van der Waals surface area contributed by atoms with Crippen LogP contribution in [0, 0.1) is 5.41 Å². The highest BCUT2D eigenvalue weighted by Crippen LogP contribution is 2.35. The first-order valence-electron chi connectivity index (χ1n) is 13.2. The number of carbonyl (C=O) groups excluding carboxylic acids is 1. The largest absolute Gasteiger partial charge is 0.490 e. The van der Waals surface area contributed by atoms with Gasteiger partial charge in [0.05, 0.1) is 36.8 Å². The third kappa shape index (κ3) is 6.40. The van der Waals surface area contributed by atoms with Gasteiger partial charge in [0, 0.05) is 44.1 Å². The topological polar surface area (TPSA) is 114 Å². The number of nitrogens with one attached hydrogen (secondary N) is 3. The molecule has 1 aliphatic carbocycles. The predicted molar refractivity (Wildman–Crippen MR) is 138 cm³/mol. The van der Waals surface area contributed by atoms with Gasteiger partial charge in [-0.15, -0.1) is 0 Å². The van der Waals surface area contributed by atoms with Crippen molar-refractivity contribution in [3.63, 3.8) is 0 Å². The van der Waals surface area contributed by atoms with Crippen molar-refractivity contribution in [3.05, 3.63) is 30.7 Å². The number of amidine groups is 1. The zero-order valence-corrected chi connectivity index (χ0v) is 21.7. The lowest BCUT2D eigenvalue weighted by molar-refractivity contribution is -0.192. The van der Waals surface area contributed by atoms with E-state index in [1.165, 1.54) is 4.90 Å². The molecule has 0 bridgehead atoms. The van der Waals surface area contributed by atoms with E-state index in [0.29, 0.717) is 49.2 Å². The number of fused-ring (bicyclic) bond motifs is 1. The summed E-state index contributed by atoms with van der Waals surface area (Å²) < 4.78 is 57.1. The highest BCUT2D eigenvalue weighted by molar-refractivity contribution is 6.06. The maximum Gasteiger partial charge on any atom is 0.427 e. The van der Waals surface area contributed by atoms with Gasteiger partial charge in [0.1, 0.15) is 17.1 Å². The third-order valence-corrected chi connectivity index (χ3v) is 7.41. The smallest absolute Gasteiger partial charge is 0.427 e. The molecule has 0 radical (unpaired) electrons. The van der Waals surface area contributed by atoms with E-state index in [-0.39, 0.29) is 24.0 Å². The van der Waals surface area contributed by atoms with Gasteiger partial charge in [-0.25, -0.2) is 9.78 Å². The average molecular weight is 551 g/mol. The molecule has 212 valence electrons. The minimum atomic E-state index is -4.56. The van der Waals surface area contributed by atoms with Gasteiger partial charge in [-0.2, -0.15) is 13.2 Å². The molecule has 2 aromatic rings. The van der Waals surface area contributed by atoms with Crippen LogP contribution in [0.5, 0.6) is 5.75 Å². The van der Waals surface area contributed by atoms with Crippen LogP contribution >= 0.6 is 0 Å². The molecular formula is C26H33F3N6O4. The van der Waals surface area contributed by atoms with Crippen molar-refractivity contribution < 1.29 is 32.2 Å². The molecule has 0 unspecified atom stereocenters. The van der Waals surface area contributed by atoms with Gasteiger partial charge in [-0.1, -0.05) is 0 Å². The van der Waals surface area contributed by atoms with Crippen LogP contribution in [-0.2, 0) is 16.5 Å². The highest BCUT2D eigenvalue weighted by atomic mass is 19.4. The number of anilines is 1. The van der Waals surface area contributed by atoms with Gasteiger partial charge < -0.3 is 34.3 Å². The summed E-state index contributed by atoms with van der Waals surface area (Å²) in [6, 6.07) is 3.62. The van der Waals surface area contributed by atoms with Crippen LogP contribution in [0.1, 0.15) is 38.5 Å². The van der Waals surface area contributed by atoms with Crippen LogP contribution in [0.15, 0.2) is 30.7 Å². The van der Waals surface area contributed by atoms with E-state index in [0.717, 1.165) is 25.0 Å². The second kappa shape index (κ2) is 11.3. The molecule has 2 atom stereocenters. The Hall–Kier alpha value is -3.48. The number of cyclic esters (lactones) is 1. The van der Waals surface area contributed by atoms with Crippen molar-refractivity contribution in [2.75, 3.05) is 25.1 Å². The molecule has 5 rings (SSSR count). The van der Waals surface area contributed by atoms with Gasteiger partial charge >= 0.3 is 12.3 Å². The SMILES string of the molecule is Cn1cnc2c(NC(=N)/C=C\N[C@H]3CCCOC3)cc(O[C@H]3CC[C@@H](N4C[C@H](C(F)(F)F)OC4=O)CC3)cc21. The lowest BCUT2D eigenvalue weighted by Crippen LogP contribution is -2.42. The molecule has 0 spiro atoms. The van der Waals surface area contributed by atoms with Crippen LogP contribution < -0.4 is 15.4 Å². The van der Waals surface area contributed by atoms with Crippen LogP contribution in [0.4, 0.5) is 23.7 Å². The fourth-order valence-corrected chi connectivity index (χ4v) is 5.31. The van der Waals surface area contributed by atoms with E-state index >= 15 is 0 Å². The number of aromatic nitrogens is 2. The molecule has 3 N–H and O–H groups in total. The van der Waals surface area contributed by atoms with Gasteiger partial charge in [0.2, 0.25) is 6.10 Å². The minimum Gasteiger partial charge on any atom is -0.490 e. The molecule has 1 saturated carbocycles. The zero-order chi connectivity index (χ0) is 27.6. The fourth-order valence-electron chi connectivity index (χ4n) is 5.31. The molecule has 1 aromatic carbocycles. The van der Waals surface area contributed by atoms with Crippen LogP contribution in [0.3, 0.4) is 0 Å². The number of rotatable bonds is 7. The number of carbonyl (C=O) groups is 1. The Kier molecular flexibility index (Phi) is 7.87. The number of amides is 1. The predicted octanol–water partition coefficient (Wildman–Crippen LogP) is 4.32. The summed E-state index contributed by atoms with van der Waals surface area (Å²) in [4.78, 5) is 17.7. The Morgan fingerprint density at radius 1 is 1.23 bits per heavy atom. The quantitative estimate of drug-likeness (QED) is 0.348. The average Bonchev–Trinajstić information content (AvgIpc) is 3.48. The summed E-state index contributed by atoms with van der Waals surface area (Å²) in [7, 11) is 1.87. The van der Waals surface area contributed by atoms with Crippen LogP contribution in [-0.4, -0.2) is 76.6 Å². The molecule has 3 aliphatic rings. The number of hydrogen-bond donors (Lipinski definition) is 3. The lowest BCUT2D eigenvalue weighted by atomic mass is 9.92. The van der Waals surface area contributed by atoms with Gasteiger partial charge in [-0.05, 0) is 44.6 Å². The summed E-state index contributed by atoms with van der Waals surface area (Å²) in [6.45, 7) is 0.973. The highest BCUT2D eigenvalue weighted by Gasteiger charge is 2.51. The van der Waals surface area contributed by atoms with E-state index in [2.05, 4.69) is 20.4 Å². The molecule has 10 nitrogen and oxygen atoms in total. The standard InChI is InChI=1S/C26H33F3N6O4/c1-34-15-32-24-20(33-23(30)8-9-31-16-3-2-10-37-14-16)11-19(12-21(24)34)38-18-6-4-17(5-7-18)35-13-22(26(27,28)29)39-25(35)36/h8-9,11-12,15-18,22,31H,2-7,10,13-14H2,1H3,(H2,30,33)/b9-8-/t16-,17-,18+,22+/m0/s1. The zero-order valence-electron chi connectivity index (χ0n) is 21.7. The number of benzene rings is 1. The first kappa shape index (κ1) is 27.1. The van der Waals surface area contributed by atoms with Crippen molar-refractivity contribution in [1.82, 2.24) is 19.8 Å². The fraction of sp³-hybridized carbons (Fsp3) is 0.577. The van der Waals surface area contributed by atoms with Gasteiger partial charge in [0.25, 0.3) is 0 Å². The summed E-state index contributed by atoms with van der Waals surface area (Å²) in [6.07, 6.45) is 1.66. The Balaban J connectivity index is 1.20. The molecule has 39 heavy (non-hydrogen) atoms. The van der Waals surface area contributed by atoms with E-state index in [9.17, 15) is 18.0 Å². The Morgan fingerprint density at radius 2 is 2.03 bits per heavy atom. The molecule has 1 aromatic heterocycles. The van der Waals surface area contributed by atoms with Gasteiger partial charge in [-0.3, -0.25) is 5.41 Å². The molecule has 3 heterocycles. The second-order valence-electron chi connectivity index (χ2n) is 10.3. The molecular weight excluding hydrogens is 517 g/mol. The van der Waals surface area contributed by atoms with E-state index in [1.54, 1.807) is 24.7 Å². The summed E-state index contributed by atoms with van der Waals surface area (Å²) >= 11 is 0. The van der Waals surface area contributed by atoms with E-state index < -0.39 is 24.9 Å². The number of hydrogen-bond acceptors (Lipinski definition) is 7. The Bertz CT molecular complexity index is 1220. The van der Waals surface area contributed by atoms with E-state index in [4.69, 9.17) is 14.9 Å². The lowest BCUT2D eigenvalue weighted by Gasteiger charge is -2.33. The number of aryl methyl sites for hydroxylation is 1. The number of imidazole rings is 1. The van der Waals surface area contributed by atoms with Crippen LogP contribution in [0.2, 0.25) is 0 Å². The van der Waals surface area contributed by atoms with Gasteiger partial charge in [0.15, 0.2) is 0 Å². The second-order valence-corrected chi connectivity index (χ2v) is 10.3. The summed E-state index contributed by atoms with van der Waals surface area (Å²) in [5.74, 6) is 0.780. The van der Waals surface area contributed by atoms with Crippen molar-refractivity contribution in [1.29, 1.82) is 5.41 Å². The summed E-state index contributed by atoms with van der Waals surface area (Å²) in [5, 5.41) is 14.7. The number of alkyl halides is 3. The Morgan fingerprint density at radius 3 is 2.72 bits per heavy atom. The molecule has 13 heteroatoms. The molecule has 2 saturated heterocycles. The van der Waals surface area contributed by atoms with Crippen molar-refractivity contribution in [2.24, 2.45) is 7.05 Å². The number of halogens is 3. The maximum atomic E-state index is 13.0. The summed E-state index contributed by atoms with van der Waals surface area (Å²) in [5.41, 5.74) is 2.16. The Labute approximate surface area is 224 Å². The first-order valence-corrected chi connectivity index (χ1v) is 13.2. The monoisotopic (exact) mass is 550 g/mol. The molecule has 1 amide bonds. The normalized spacial score (nSPS) is 26.2. The molecule has 2 aliphatic heterocycles. The third-order valence-electron chi connectivity index (χ3n) is 7.41.